The number of likely N-dealkylation sites (N-methyl/N-ethyl adjacent to an activating group) is 1. The quantitative estimate of drug-likeness (QED) is 0.0232. The highest BCUT2D eigenvalue weighted by Crippen LogP contribution is 2.38. The second-order valence-electron chi connectivity index (χ2n) is 13.2. The van der Waals surface area contributed by atoms with Crippen molar-refractivity contribution in [3.8, 4) is 0 Å². The minimum Gasteiger partial charge on any atom is -0.756 e. The summed E-state index contributed by atoms with van der Waals surface area (Å²) in [6.45, 7) is 4.10. The zero-order chi connectivity index (χ0) is 33.7. The lowest BCUT2D eigenvalue weighted by atomic mass is 10.1. The van der Waals surface area contributed by atoms with Gasteiger partial charge in [0, 0.05) is 12.8 Å². The van der Waals surface area contributed by atoms with Crippen molar-refractivity contribution in [1.29, 1.82) is 0 Å². The first-order valence-electron chi connectivity index (χ1n) is 17.9. The summed E-state index contributed by atoms with van der Waals surface area (Å²) in [6.07, 6.45) is 25.7. The number of phosphoric acid groups is 1. The van der Waals surface area contributed by atoms with E-state index < -0.39 is 32.5 Å². The predicted molar refractivity (Wildman–Crippen MR) is 181 cm³/mol. The molecule has 45 heavy (non-hydrogen) atoms. The van der Waals surface area contributed by atoms with Crippen molar-refractivity contribution >= 4 is 19.8 Å². The van der Waals surface area contributed by atoms with E-state index in [2.05, 4.69) is 26.0 Å². The maximum Gasteiger partial charge on any atom is 0.306 e. The van der Waals surface area contributed by atoms with Gasteiger partial charge in [0.1, 0.15) is 19.8 Å². The number of unbranched alkanes of at least 4 members (excludes halogenated alkanes) is 16. The number of rotatable bonds is 32. The number of phosphoric ester groups is 1. The van der Waals surface area contributed by atoms with Crippen LogP contribution in [0, 0.1) is 0 Å². The summed E-state index contributed by atoms with van der Waals surface area (Å²) < 4.78 is 33.5. The van der Waals surface area contributed by atoms with Crippen LogP contribution in [0.25, 0.3) is 0 Å². The number of carbonyl (C=O) groups is 2. The molecule has 0 aliphatic carbocycles. The number of nitrogens with zero attached hydrogens (tertiary/aromatic N) is 1. The Morgan fingerprint density at radius 2 is 1.13 bits per heavy atom. The first kappa shape index (κ1) is 43.8. The fourth-order valence-corrected chi connectivity index (χ4v) is 5.38. The van der Waals surface area contributed by atoms with Gasteiger partial charge in [-0.2, -0.15) is 0 Å². The van der Waals surface area contributed by atoms with Crippen molar-refractivity contribution in [3.05, 3.63) is 12.2 Å². The highest BCUT2D eigenvalue weighted by Gasteiger charge is 2.21. The van der Waals surface area contributed by atoms with Gasteiger partial charge >= 0.3 is 11.9 Å². The Labute approximate surface area is 276 Å². The molecule has 2 atom stereocenters. The van der Waals surface area contributed by atoms with Crippen molar-refractivity contribution in [2.45, 2.75) is 155 Å². The molecule has 0 fully saturated rings. The van der Waals surface area contributed by atoms with E-state index in [9.17, 15) is 19.0 Å². The number of carbonyl (C=O) groups excluding carboxylic acids is 2. The molecule has 0 radical (unpaired) electrons. The van der Waals surface area contributed by atoms with Crippen molar-refractivity contribution in [2.24, 2.45) is 0 Å². The third-order valence-electron chi connectivity index (χ3n) is 7.54. The van der Waals surface area contributed by atoms with Gasteiger partial charge in [-0.05, 0) is 38.5 Å². The summed E-state index contributed by atoms with van der Waals surface area (Å²) in [6, 6.07) is 0. The van der Waals surface area contributed by atoms with E-state index in [1.165, 1.54) is 51.4 Å². The Hall–Kier alpha value is -1.25. The minimum atomic E-state index is -4.60. The molecule has 0 aromatic rings. The van der Waals surface area contributed by atoms with Crippen molar-refractivity contribution in [2.75, 3.05) is 47.5 Å². The molecule has 0 amide bonds. The first-order valence-corrected chi connectivity index (χ1v) is 19.4. The molecule has 266 valence electrons. The van der Waals surface area contributed by atoms with E-state index in [1.54, 1.807) is 0 Å². The number of hydrogen-bond acceptors (Lipinski definition) is 8. The molecule has 0 N–H and O–H groups in total. The van der Waals surface area contributed by atoms with Gasteiger partial charge in [0.2, 0.25) is 0 Å². The lowest BCUT2D eigenvalue weighted by Crippen LogP contribution is -2.37. The van der Waals surface area contributed by atoms with Gasteiger partial charge in [-0.25, -0.2) is 0 Å². The van der Waals surface area contributed by atoms with Crippen molar-refractivity contribution < 1.29 is 42.1 Å². The van der Waals surface area contributed by atoms with Gasteiger partial charge in [0.05, 0.1) is 27.7 Å². The Kier molecular flexibility index (Phi) is 28.1. The van der Waals surface area contributed by atoms with Crippen LogP contribution in [-0.2, 0) is 32.7 Å². The Balaban J connectivity index is 4.35. The summed E-state index contributed by atoms with van der Waals surface area (Å²) in [5.41, 5.74) is 0. The van der Waals surface area contributed by atoms with Crippen molar-refractivity contribution in [3.63, 3.8) is 0 Å². The first-order chi connectivity index (χ1) is 21.5. The SMILES string of the molecule is CCCCCCCCC/C=C\CCCCCCCC(=O)OC(COC(=O)CCCCCCC)COP(=O)([O-])OCC[N+](C)(C)C. The highest BCUT2D eigenvalue weighted by molar-refractivity contribution is 7.45. The van der Waals surface area contributed by atoms with Crippen LogP contribution in [0.1, 0.15) is 149 Å². The molecule has 0 saturated heterocycles. The third-order valence-corrected chi connectivity index (χ3v) is 8.50. The Morgan fingerprint density at radius 3 is 1.64 bits per heavy atom. The second kappa shape index (κ2) is 28.9. The number of allylic oxidation sites excluding steroid dienone is 2. The van der Waals surface area contributed by atoms with Crippen LogP contribution < -0.4 is 4.89 Å². The third kappa shape index (κ3) is 32.5. The van der Waals surface area contributed by atoms with Gasteiger partial charge in [0.15, 0.2) is 6.10 Å². The minimum absolute atomic E-state index is 0.0305. The number of esters is 2. The second-order valence-corrected chi connectivity index (χ2v) is 14.6. The molecule has 9 nitrogen and oxygen atoms in total. The maximum absolute atomic E-state index is 12.5. The molecule has 0 heterocycles. The Bertz CT molecular complexity index is 799. The van der Waals surface area contributed by atoms with Crippen LogP contribution in [-0.4, -0.2) is 70.0 Å². The van der Waals surface area contributed by atoms with Crippen LogP contribution >= 0.6 is 7.82 Å². The number of quaternary nitrogens is 1. The molecule has 0 rings (SSSR count). The molecular formula is C35H68NO8P. The summed E-state index contributed by atoms with van der Waals surface area (Å²) in [5.74, 6) is -0.858. The molecule has 0 aliphatic heterocycles. The van der Waals surface area contributed by atoms with Crippen molar-refractivity contribution in [1.82, 2.24) is 0 Å². The van der Waals surface area contributed by atoms with Crippen LogP contribution in [0.4, 0.5) is 0 Å². The number of ether oxygens (including phenoxy) is 2. The molecule has 10 heteroatoms. The summed E-state index contributed by atoms with van der Waals surface area (Å²) in [4.78, 5) is 36.9. The van der Waals surface area contributed by atoms with Crippen LogP contribution in [0.15, 0.2) is 12.2 Å². The van der Waals surface area contributed by atoms with E-state index in [0.717, 1.165) is 64.2 Å². The predicted octanol–water partition coefficient (Wildman–Crippen LogP) is 8.44. The lowest BCUT2D eigenvalue weighted by molar-refractivity contribution is -0.870. The average molecular weight is 662 g/mol. The molecule has 0 aliphatic rings. The fourth-order valence-electron chi connectivity index (χ4n) is 4.65. The van der Waals surface area contributed by atoms with E-state index >= 15 is 0 Å². The van der Waals surface area contributed by atoms with Gasteiger partial charge in [-0.1, -0.05) is 109 Å². The van der Waals surface area contributed by atoms with E-state index in [1.807, 2.05) is 21.1 Å². The van der Waals surface area contributed by atoms with E-state index in [-0.39, 0.29) is 26.1 Å². The average Bonchev–Trinajstić information content (AvgIpc) is 2.97. The fraction of sp³-hybridized carbons (Fsp3) is 0.886. The lowest BCUT2D eigenvalue weighted by Gasteiger charge is -2.28. The summed E-state index contributed by atoms with van der Waals surface area (Å²) in [7, 11) is 1.16. The molecule has 0 spiro atoms. The monoisotopic (exact) mass is 661 g/mol. The smallest absolute Gasteiger partial charge is 0.306 e. The Morgan fingerprint density at radius 1 is 0.667 bits per heavy atom. The van der Waals surface area contributed by atoms with E-state index in [4.69, 9.17) is 18.5 Å². The van der Waals surface area contributed by atoms with E-state index in [0.29, 0.717) is 17.4 Å². The molecule has 0 aromatic carbocycles. The molecule has 2 unspecified atom stereocenters. The largest absolute Gasteiger partial charge is 0.756 e. The van der Waals surface area contributed by atoms with Gasteiger partial charge < -0.3 is 27.9 Å². The summed E-state index contributed by atoms with van der Waals surface area (Å²) >= 11 is 0. The molecular weight excluding hydrogens is 593 g/mol. The molecule has 0 aromatic heterocycles. The zero-order valence-electron chi connectivity index (χ0n) is 29.6. The molecule has 0 saturated carbocycles. The topological polar surface area (TPSA) is 111 Å². The normalized spacial score (nSPS) is 14.0. The zero-order valence-corrected chi connectivity index (χ0v) is 30.5. The van der Waals surface area contributed by atoms with Crippen LogP contribution in [0.3, 0.4) is 0 Å². The van der Waals surface area contributed by atoms with Gasteiger partial charge in [-0.15, -0.1) is 0 Å². The van der Waals surface area contributed by atoms with Crippen LogP contribution in [0.5, 0.6) is 0 Å². The summed E-state index contributed by atoms with van der Waals surface area (Å²) in [5, 5.41) is 0. The van der Waals surface area contributed by atoms with Crippen LogP contribution in [0.2, 0.25) is 0 Å². The highest BCUT2D eigenvalue weighted by atomic mass is 31.2. The number of hydrogen-bond donors (Lipinski definition) is 0. The van der Waals surface area contributed by atoms with Gasteiger partial charge in [-0.3, -0.25) is 14.2 Å². The standard InChI is InChI=1S/C35H68NO8P/c1-6-8-10-12-13-14-15-16-17-18-19-20-21-22-24-26-28-35(38)44-33(31-41-34(37)27-25-23-11-9-7-2)32-43-45(39,40)42-30-29-36(3,4)5/h17-18,33H,6-16,19-32H2,1-5H3/b18-17-. The van der Waals surface area contributed by atoms with Gasteiger partial charge in [0.25, 0.3) is 7.82 Å². The maximum atomic E-state index is 12.5. The molecule has 0 bridgehead atoms.